The molecule has 2 aliphatic heterocycles. The van der Waals surface area contributed by atoms with Crippen LogP contribution >= 0.6 is 23.8 Å². The van der Waals surface area contributed by atoms with Crippen molar-refractivity contribution < 1.29 is 4.74 Å². The van der Waals surface area contributed by atoms with Crippen molar-refractivity contribution in [2.75, 3.05) is 6.61 Å². The summed E-state index contributed by atoms with van der Waals surface area (Å²) < 4.78 is 5.30. The van der Waals surface area contributed by atoms with Crippen LogP contribution < -0.4 is 5.32 Å². The Hall–Kier alpha value is -1.06. The van der Waals surface area contributed by atoms with E-state index in [4.69, 9.17) is 28.6 Å². The molecule has 0 amide bonds. The summed E-state index contributed by atoms with van der Waals surface area (Å²) in [5, 5.41) is 5.69. The highest BCUT2D eigenvalue weighted by atomic mass is 35.5. The average Bonchev–Trinajstić information content (AvgIpc) is 2.58. The molecule has 0 bridgehead atoms. The molecule has 0 aliphatic carbocycles. The Bertz CT molecular complexity index is 495. The molecule has 75 valence electrons. The summed E-state index contributed by atoms with van der Waals surface area (Å²) in [5.74, 6) is 0. The van der Waals surface area contributed by atoms with Crippen molar-refractivity contribution in [1.82, 2.24) is 5.32 Å². The molecule has 0 aromatic heterocycles. The summed E-state index contributed by atoms with van der Waals surface area (Å²) in [6.07, 6.45) is 0.853. The van der Waals surface area contributed by atoms with Gasteiger partial charge in [-0.2, -0.15) is 0 Å². The van der Waals surface area contributed by atoms with Gasteiger partial charge < -0.3 is 4.74 Å². The lowest BCUT2D eigenvalue weighted by atomic mass is 10.0. The Balaban J connectivity index is 2.16. The number of benzene rings is 1. The fourth-order valence-corrected chi connectivity index (χ4v) is 2.32. The fourth-order valence-electron chi connectivity index (χ4n) is 1.90. The molecule has 0 spiro atoms. The van der Waals surface area contributed by atoms with E-state index in [1.807, 2.05) is 18.2 Å². The second-order valence-electron chi connectivity index (χ2n) is 3.49. The van der Waals surface area contributed by atoms with Crippen molar-refractivity contribution in [3.05, 3.63) is 34.5 Å². The second kappa shape index (κ2) is 3.22. The number of ether oxygens (including phenoxy) is 1. The van der Waals surface area contributed by atoms with E-state index >= 15 is 0 Å². The van der Waals surface area contributed by atoms with Gasteiger partial charge in [-0.1, -0.05) is 11.6 Å². The zero-order valence-electron chi connectivity index (χ0n) is 7.79. The Morgan fingerprint density at radius 1 is 1.40 bits per heavy atom. The predicted octanol–water partition coefficient (Wildman–Crippen LogP) is 3.05. The molecule has 2 aliphatic rings. The molecule has 0 unspecified atom stereocenters. The maximum atomic E-state index is 5.96. The van der Waals surface area contributed by atoms with Gasteiger partial charge in [0.1, 0.15) is 5.70 Å². The van der Waals surface area contributed by atoms with E-state index in [0.29, 0.717) is 11.7 Å². The summed E-state index contributed by atoms with van der Waals surface area (Å²) in [4.78, 5) is 0. The summed E-state index contributed by atoms with van der Waals surface area (Å²) in [5.41, 5.74) is 4.03. The molecule has 15 heavy (non-hydrogen) atoms. The van der Waals surface area contributed by atoms with Gasteiger partial charge >= 0.3 is 0 Å². The van der Waals surface area contributed by atoms with E-state index in [1.54, 1.807) is 0 Å². The van der Waals surface area contributed by atoms with Crippen molar-refractivity contribution in [3.63, 3.8) is 0 Å². The number of fused-ring (bicyclic) bond motifs is 2. The molecular weight excluding hydrogens is 230 g/mol. The topological polar surface area (TPSA) is 23.3 Å². The Kier molecular flexibility index (Phi) is 1.97. The number of nitrogens with zero attached hydrogens (tertiary/aromatic N) is 1. The van der Waals surface area contributed by atoms with Crippen LogP contribution in [-0.2, 0) is 4.74 Å². The van der Waals surface area contributed by atoms with Gasteiger partial charge in [-0.25, -0.2) is 5.32 Å². The van der Waals surface area contributed by atoms with Crippen molar-refractivity contribution >= 4 is 40.1 Å². The van der Waals surface area contributed by atoms with Crippen LogP contribution in [-0.4, -0.2) is 11.7 Å². The first-order chi connectivity index (χ1) is 7.25. The van der Waals surface area contributed by atoms with Crippen LogP contribution in [0.4, 0.5) is 5.69 Å². The molecule has 2 nitrogen and oxygen atoms in total. The zero-order valence-corrected chi connectivity index (χ0v) is 9.36. The second-order valence-corrected chi connectivity index (χ2v) is 4.29. The van der Waals surface area contributed by atoms with Gasteiger partial charge in [0.15, 0.2) is 0 Å². The lowest BCUT2D eigenvalue weighted by Gasteiger charge is -2.15. The fraction of sp³-hybridized carbons (Fsp3) is 0.182. The van der Waals surface area contributed by atoms with Crippen LogP contribution in [0.15, 0.2) is 23.9 Å². The monoisotopic (exact) mass is 236 g/mol. The van der Waals surface area contributed by atoms with Gasteiger partial charge in [0, 0.05) is 17.0 Å². The van der Waals surface area contributed by atoms with Crippen LogP contribution in [0.5, 0.6) is 0 Å². The first-order valence-electron chi connectivity index (χ1n) is 4.67. The van der Waals surface area contributed by atoms with Crippen LogP contribution in [0.3, 0.4) is 0 Å². The van der Waals surface area contributed by atoms with Crippen LogP contribution in [0.2, 0.25) is 5.02 Å². The third-order valence-corrected chi connectivity index (χ3v) is 3.13. The van der Waals surface area contributed by atoms with Crippen LogP contribution in [0.25, 0.3) is 5.57 Å². The van der Waals surface area contributed by atoms with E-state index in [0.717, 1.165) is 28.4 Å². The van der Waals surface area contributed by atoms with Crippen LogP contribution in [0, 0.1) is 0 Å². The molecular formula is C11H7ClNOS. The molecule has 4 heteroatoms. The summed E-state index contributed by atoms with van der Waals surface area (Å²) in [6, 6.07) is 5.70. The number of rotatable bonds is 0. The number of hydrogen-bond donors (Lipinski definition) is 0. The smallest absolute Gasteiger partial charge is 0.210 e. The molecule has 3 rings (SSSR count). The average molecular weight is 237 g/mol. The van der Waals surface area contributed by atoms with Gasteiger partial charge in [-0.05, 0) is 36.0 Å². The molecule has 1 aromatic rings. The zero-order chi connectivity index (χ0) is 10.4. The summed E-state index contributed by atoms with van der Waals surface area (Å²) in [6.45, 7) is 0.638. The molecule has 0 atom stereocenters. The van der Waals surface area contributed by atoms with Gasteiger partial charge in [0.2, 0.25) is 5.05 Å². The normalized spacial score (nSPS) is 18.1. The quantitative estimate of drug-likeness (QED) is 0.647. The molecule has 0 saturated carbocycles. The van der Waals surface area contributed by atoms with Crippen molar-refractivity contribution in [1.29, 1.82) is 0 Å². The van der Waals surface area contributed by atoms with Gasteiger partial charge in [-0.15, -0.1) is 0 Å². The van der Waals surface area contributed by atoms with Crippen molar-refractivity contribution in [2.45, 2.75) is 6.42 Å². The van der Waals surface area contributed by atoms with E-state index in [9.17, 15) is 0 Å². The van der Waals surface area contributed by atoms with Crippen molar-refractivity contribution in [3.8, 4) is 0 Å². The molecule has 0 saturated heterocycles. The molecule has 1 radical (unpaired) electrons. The highest BCUT2D eigenvalue weighted by Crippen LogP contribution is 2.40. The number of thiocarbonyl (C=S) groups is 1. The standard InChI is InChI=1S/C11H7ClNOS/c12-6-1-2-9-8(5-6)7-3-4-14-11(15)10(7)13-9/h1-2,5H,3-4H2. The van der Waals surface area contributed by atoms with Gasteiger partial charge in [-0.3, -0.25) is 0 Å². The van der Waals surface area contributed by atoms with E-state index < -0.39 is 0 Å². The maximum absolute atomic E-state index is 5.96. The maximum Gasteiger partial charge on any atom is 0.210 e. The van der Waals surface area contributed by atoms with Gasteiger partial charge in [0.05, 0.1) is 12.3 Å². The minimum absolute atomic E-state index is 0.503. The summed E-state index contributed by atoms with van der Waals surface area (Å²) in [7, 11) is 0. The Labute approximate surface area is 97.9 Å². The van der Waals surface area contributed by atoms with E-state index in [-0.39, 0.29) is 0 Å². The Morgan fingerprint density at radius 3 is 3.13 bits per heavy atom. The first-order valence-corrected chi connectivity index (χ1v) is 5.46. The molecule has 0 N–H and O–H groups in total. The third-order valence-electron chi connectivity index (χ3n) is 2.58. The molecule has 0 fully saturated rings. The highest BCUT2D eigenvalue weighted by Gasteiger charge is 2.29. The largest absolute Gasteiger partial charge is 0.481 e. The minimum Gasteiger partial charge on any atom is -0.481 e. The number of halogens is 1. The molecule has 1 aromatic carbocycles. The lowest BCUT2D eigenvalue weighted by molar-refractivity contribution is 0.315. The lowest BCUT2D eigenvalue weighted by Crippen LogP contribution is -2.16. The van der Waals surface area contributed by atoms with E-state index in [1.165, 1.54) is 5.57 Å². The highest BCUT2D eigenvalue weighted by molar-refractivity contribution is 7.80. The first kappa shape index (κ1) is 9.19. The SMILES string of the molecule is S=C1OCCC2=C1[N]c1ccc(Cl)cc12. The molecule has 2 heterocycles. The van der Waals surface area contributed by atoms with E-state index in [2.05, 4.69) is 5.32 Å². The van der Waals surface area contributed by atoms with Crippen LogP contribution in [0.1, 0.15) is 12.0 Å². The third kappa shape index (κ3) is 1.34. The number of hydrogen-bond acceptors (Lipinski definition) is 2. The predicted molar refractivity (Wildman–Crippen MR) is 63.3 cm³/mol. The minimum atomic E-state index is 0.503. The Morgan fingerprint density at radius 2 is 2.27 bits per heavy atom. The van der Waals surface area contributed by atoms with Gasteiger partial charge in [0.25, 0.3) is 0 Å². The summed E-state index contributed by atoms with van der Waals surface area (Å²) >= 11 is 11.1. The van der Waals surface area contributed by atoms with Crippen molar-refractivity contribution in [2.24, 2.45) is 0 Å².